The van der Waals surface area contributed by atoms with Gasteiger partial charge in [0.2, 0.25) is 0 Å². The Balaban J connectivity index is 1.46. The minimum atomic E-state index is -1.39. The third kappa shape index (κ3) is 3.21. The van der Waals surface area contributed by atoms with Crippen molar-refractivity contribution in [3.8, 4) is 0 Å². The van der Waals surface area contributed by atoms with E-state index in [-0.39, 0.29) is 6.10 Å². The smallest absolute Gasteiger partial charge is 0.196 e. The van der Waals surface area contributed by atoms with Gasteiger partial charge in [-0.05, 0) is 12.0 Å². The average molecular weight is 374 g/mol. The molecule has 3 heterocycles. The zero-order chi connectivity index (χ0) is 18.1. The third-order valence-electron chi connectivity index (χ3n) is 4.71. The lowest BCUT2D eigenvalue weighted by molar-refractivity contribution is -0.207. The van der Waals surface area contributed by atoms with Crippen molar-refractivity contribution in [2.24, 2.45) is 7.05 Å². The first-order chi connectivity index (χ1) is 12.6. The molecular formula is C19H20ClN3O3. The van der Waals surface area contributed by atoms with Crippen molar-refractivity contribution in [1.29, 1.82) is 0 Å². The Bertz CT molecular complexity index is 915. The Morgan fingerprint density at radius 1 is 1.35 bits per heavy atom. The lowest BCUT2D eigenvalue weighted by atomic mass is 10.0. The van der Waals surface area contributed by atoms with Gasteiger partial charge in [-0.25, -0.2) is 9.97 Å². The molecule has 0 aliphatic carbocycles. The molecule has 0 amide bonds. The van der Waals surface area contributed by atoms with E-state index in [0.717, 1.165) is 5.56 Å². The van der Waals surface area contributed by atoms with Crippen molar-refractivity contribution in [3.05, 3.63) is 59.1 Å². The predicted octanol–water partition coefficient (Wildman–Crippen LogP) is 3.16. The van der Waals surface area contributed by atoms with Crippen LogP contribution in [-0.4, -0.2) is 32.4 Å². The molecule has 1 aromatic carbocycles. The second-order valence-corrected chi connectivity index (χ2v) is 6.94. The van der Waals surface area contributed by atoms with Crippen LogP contribution in [0.15, 0.2) is 42.9 Å². The molecule has 2 atom stereocenters. The molecule has 4 rings (SSSR count). The molecule has 26 heavy (non-hydrogen) atoms. The number of benzene rings is 1. The lowest BCUT2D eigenvalue weighted by Crippen LogP contribution is -2.27. The summed E-state index contributed by atoms with van der Waals surface area (Å²) in [6.45, 7) is 0.952. The predicted molar refractivity (Wildman–Crippen MR) is 97.6 cm³/mol. The molecule has 1 fully saturated rings. The summed E-state index contributed by atoms with van der Waals surface area (Å²) < 4.78 is 13.5. The van der Waals surface area contributed by atoms with Gasteiger partial charge in [0.05, 0.1) is 24.9 Å². The van der Waals surface area contributed by atoms with E-state index in [1.54, 1.807) is 6.20 Å². The van der Waals surface area contributed by atoms with Gasteiger partial charge in [0, 0.05) is 19.7 Å². The van der Waals surface area contributed by atoms with Crippen LogP contribution in [0.2, 0.25) is 5.15 Å². The number of aliphatic hydroxyl groups is 1. The van der Waals surface area contributed by atoms with Gasteiger partial charge < -0.3 is 19.1 Å². The van der Waals surface area contributed by atoms with Crippen molar-refractivity contribution in [2.75, 3.05) is 6.61 Å². The maximum absolute atomic E-state index is 11.1. The number of halogens is 1. The van der Waals surface area contributed by atoms with Crippen LogP contribution in [0.3, 0.4) is 0 Å². The number of hydrogen-bond acceptors (Lipinski definition) is 5. The van der Waals surface area contributed by atoms with Crippen molar-refractivity contribution >= 4 is 22.6 Å². The number of aromatic nitrogens is 3. The number of nitrogens with zero attached hydrogens (tertiary/aromatic N) is 3. The van der Waals surface area contributed by atoms with Crippen molar-refractivity contribution in [2.45, 2.75) is 31.3 Å². The first-order valence-electron chi connectivity index (χ1n) is 8.55. The van der Waals surface area contributed by atoms with Crippen LogP contribution in [0.1, 0.15) is 24.0 Å². The van der Waals surface area contributed by atoms with Crippen LogP contribution in [0, 0.1) is 0 Å². The molecule has 0 saturated carbocycles. The van der Waals surface area contributed by atoms with Crippen LogP contribution in [0.4, 0.5) is 0 Å². The van der Waals surface area contributed by atoms with E-state index in [2.05, 4.69) is 9.97 Å². The van der Waals surface area contributed by atoms with Gasteiger partial charge in [-0.3, -0.25) is 0 Å². The molecule has 1 aliphatic rings. The van der Waals surface area contributed by atoms with Gasteiger partial charge in [-0.2, -0.15) is 0 Å². The highest BCUT2D eigenvalue weighted by Crippen LogP contribution is 2.41. The fraction of sp³-hybridized carbons (Fsp3) is 0.368. The molecule has 3 aromatic rings. The Morgan fingerprint density at radius 2 is 2.15 bits per heavy atom. The molecule has 1 N–H and O–H groups in total. The molecule has 2 aromatic heterocycles. The molecule has 1 saturated heterocycles. The molecule has 7 heteroatoms. The first kappa shape index (κ1) is 17.4. The molecule has 0 bridgehead atoms. The van der Waals surface area contributed by atoms with Crippen LogP contribution in [0.5, 0.6) is 0 Å². The zero-order valence-corrected chi connectivity index (χ0v) is 15.2. The Labute approximate surface area is 156 Å². The summed E-state index contributed by atoms with van der Waals surface area (Å²) in [7, 11) is 1.85. The van der Waals surface area contributed by atoms with Gasteiger partial charge >= 0.3 is 0 Å². The van der Waals surface area contributed by atoms with Crippen molar-refractivity contribution in [3.63, 3.8) is 0 Å². The summed E-state index contributed by atoms with van der Waals surface area (Å²) in [5.74, 6) is -1.39. The fourth-order valence-electron chi connectivity index (χ4n) is 3.42. The number of aryl methyl sites for hydroxylation is 1. The number of ether oxygens (including phenoxy) is 2. The first-order valence-corrected chi connectivity index (χ1v) is 8.92. The molecule has 6 nitrogen and oxygen atoms in total. The normalized spacial score (nSPS) is 23.0. The lowest BCUT2D eigenvalue weighted by Gasteiger charge is -2.22. The molecular weight excluding hydrogens is 354 g/mol. The highest BCUT2D eigenvalue weighted by Gasteiger charge is 2.42. The highest BCUT2D eigenvalue weighted by molar-refractivity contribution is 6.33. The largest absolute Gasteiger partial charge is 0.374 e. The fourth-order valence-corrected chi connectivity index (χ4v) is 3.69. The van der Waals surface area contributed by atoms with Gasteiger partial charge in [-0.15, -0.1) is 0 Å². The minimum absolute atomic E-state index is 0.170. The van der Waals surface area contributed by atoms with Crippen LogP contribution < -0.4 is 0 Å². The van der Waals surface area contributed by atoms with Gasteiger partial charge in [0.15, 0.2) is 10.9 Å². The monoisotopic (exact) mass is 373 g/mol. The van der Waals surface area contributed by atoms with E-state index in [1.807, 2.05) is 41.9 Å². The summed E-state index contributed by atoms with van der Waals surface area (Å²) in [5, 5.41) is 11.4. The summed E-state index contributed by atoms with van der Waals surface area (Å²) in [5.41, 5.74) is 3.02. The molecule has 0 spiro atoms. The summed E-state index contributed by atoms with van der Waals surface area (Å²) in [4.78, 5) is 8.30. The number of hydrogen-bond donors (Lipinski definition) is 1. The molecule has 1 aliphatic heterocycles. The second kappa shape index (κ2) is 6.96. The van der Waals surface area contributed by atoms with E-state index in [0.29, 0.717) is 47.8 Å². The maximum atomic E-state index is 11.1. The summed E-state index contributed by atoms with van der Waals surface area (Å²) >= 11 is 6.17. The average Bonchev–Trinajstić information content (AvgIpc) is 3.18. The van der Waals surface area contributed by atoms with E-state index in [9.17, 15) is 5.11 Å². The van der Waals surface area contributed by atoms with E-state index >= 15 is 0 Å². The van der Waals surface area contributed by atoms with E-state index in [4.69, 9.17) is 21.1 Å². The van der Waals surface area contributed by atoms with Crippen LogP contribution in [0.25, 0.3) is 11.0 Å². The standard InChI is InChI=1S/C19H20ClN3O3/c1-23-9-15(16-17(23)18(20)22-12-21-16)19(24)8-7-14(26-19)11-25-10-13-5-3-2-4-6-13/h2-6,9,12,14,24H,7-8,10-11H2,1H3. The quantitative estimate of drug-likeness (QED) is 0.696. The Morgan fingerprint density at radius 3 is 2.96 bits per heavy atom. The summed E-state index contributed by atoms with van der Waals surface area (Å²) in [6.07, 6.45) is 4.22. The molecule has 136 valence electrons. The van der Waals surface area contributed by atoms with Gasteiger partial charge in [0.25, 0.3) is 0 Å². The van der Waals surface area contributed by atoms with Crippen molar-refractivity contribution in [1.82, 2.24) is 14.5 Å². The maximum Gasteiger partial charge on any atom is 0.196 e. The zero-order valence-electron chi connectivity index (χ0n) is 14.4. The second-order valence-electron chi connectivity index (χ2n) is 6.58. The van der Waals surface area contributed by atoms with Gasteiger partial charge in [0.1, 0.15) is 17.4 Å². The van der Waals surface area contributed by atoms with Crippen LogP contribution in [-0.2, 0) is 28.9 Å². The highest BCUT2D eigenvalue weighted by atomic mass is 35.5. The Hall–Kier alpha value is -1.99. The number of rotatable bonds is 5. The number of fused-ring (bicyclic) bond motifs is 1. The Kier molecular flexibility index (Phi) is 4.67. The molecule has 0 radical (unpaired) electrons. The SMILES string of the molecule is Cn1cc(C2(O)CCC(COCc3ccccc3)O2)c2ncnc(Cl)c21. The van der Waals surface area contributed by atoms with Gasteiger partial charge in [-0.1, -0.05) is 41.9 Å². The minimum Gasteiger partial charge on any atom is -0.374 e. The summed E-state index contributed by atoms with van der Waals surface area (Å²) in [6, 6.07) is 9.98. The topological polar surface area (TPSA) is 69.4 Å². The van der Waals surface area contributed by atoms with Crippen molar-refractivity contribution < 1.29 is 14.6 Å². The molecule has 2 unspecified atom stereocenters. The van der Waals surface area contributed by atoms with Crippen LogP contribution >= 0.6 is 11.6 Å². The third-order valence-corrected chi connectivity index (χ3v) is 4.99. The van der Waals surface area contributed by atoms with E-state index in [1.165, 1.54) is 6.33 Å². The van der Waals surface area contributed by atoms with E-state index < -0.39 is 5.79 Å².